The van der Waals surface area contributed by atoms with Gasteiger partial charge in [-0.05, 0) is 42.7 Å². The van der Waals surface area contributed by atoms with Gasteiger partial charge in [0.2, 0.25) is 11.8 Å². The normalized spacial score (nSPS) is 19.8. The Morgan fingerprint density at radius 2 is 2.23 bits per heavy atom. The van der Waals surface area contributed by atoms with E-state index in [0.29, 0.717) is 19.5 Å². The van der Waals surface area contributed by atoms with Crippen LogP contribution in [0.2, 0.25) is 0 Å². The monoisotopic (exact) mass is 427 g/mol. The van der Waals surface area contributed by atoms with Gasteiger partial charge in [-0.15, -0.1) is 11.3 Å². The minimum atomic E-state index is -0.449. The highest BCUT2D eigenvalue weighted by molar-refractivity contribution is 7.10. The van der Waals surface area contributed by atoms with Gasteiger partial charge in [0.05, 0.1) is 12.1 Å². The molecule has 0 saturated carbocycles. The summed E-state index contributed by atoms with van der Waals surface area (Å²) >= 11 is 1.76. The van der Waals surface area contributed by atoms with Crippen molar-refractivity contribution < 1.29 is 9.59 Å². The number of nitrogens with zero attached hydrogens (tertiary/aromatic N) is 4. The molecule has 0 bridgehead atoms. The fraction of sp³-hybridized carbons (Fsp3) is 0.545. The third-order valence-electron chi connectivity index (χ3n) is 5.98. The van der Waals surface area contributed by atoms with Crippen LogP contribution in [-0.4, -0.2) is 52.4 Å². The summed E-state index contributed by atoms with van der Waals surface area (Å²) in [4.78, 5) is 40.2. The molecule has 4 rings (SSSR count). The lowest BCUT2D eigenvalue weighted by Gasteiger charge is -2.34. The van der Waals surface area contributed by atoms with Gasteiger partial charge in [0.25, 0.3) is 0 Å². The highest BCUT2D eigenvalue weighted by Gasteiger charge is 2.32. The molecule has 0 spiro atoms. The molecule has 7 nitrogen and oxygen atoms in total. The maximum atomic E-state index is 13.2. The molecule has 2 aromatic heterocycles. The Bertz CT molecular complexity index is 871. The van der Waals surface area contributed by atoms with Gasteiger partial charge in [-0.3, -0.25) is 14.6 Å². The van der Waals surface area contributed by atoms with E-state index in [1.54, 1.807) is 29.9 Å². The van der Waals surface area contributed by atoms with Crippen LogP contribution in [0.1, 0.15) is 43.0 Å². The van der Waals surface area contributed by atoms with Crippen LogP contribution in [0.5, 0.6) is 0 Å². The average molecular weight is 428 g/mol. The van der Waals surface area contributed by atoms with Gasteiger partial charge in [-0.25, -0.2) is 4.98 Å². The molecule has 1 saturated heterocycles. The molecule has 8 heteroatoms. The number of fused-ring (bicyclic) bond motifs is 1. The Balaban J connectivity index is 1.39. The fourth-order valence-electron chi connectivity index (χ4n) is 4.35. The molecule has 0 radical (unpaired) electrons. The van der Waals surface area contributed by atoms with E-state index >= 15 is 0 Å². The first kappa shape index (κ1) is 20.8. The van der Waals surface area contributed by atoms with Gasteiger partial charge < -0.3 is 15.1 Å². The number of hydrogen-bond donors (Lipinski definition) is 1. The first-order chi connectivity index (χ1) is 14.7. The van der Waals surface area contributed by atoms with Crippen molar-refractivity contribution in [3.8, 4) is 0 Å². The first-order valence-corrected chi connectivity index (χ1v) is 11.7. The van der Waals surface area contributed by atoms with Crippen molar-refractivity contribution in [3.63, 3.8) is 0 Å². The standard InChI is InChI=1S/C22H29N5O2S/c1-2-4-18(22(29)27-11-6-19-16(14-27)7-12-30-19)25-21(28)17-5-3-10-26(15-17)20-13-23-8-9-24-20/h7-9,12-13,17-18H,2-6,10-11,14-15H2,1H3,(H,25,28). The van der Waals surface area contributed by atoms with E-state index in [-0.39, 0.29) is 17.7 Å². The molecular weight excluding hydrogens is 398 g/mol. The topological polar surface area (TPSA) is 78.4 Å². The van der Waals surface area contributed by atoms with Crippen molar-refractivity contribution in [1.29, 1.82) is 0 Å². The van der Waals surface area contributed by atoms with E-state index in [2.05, 4.69) is 38.6 Å². The van der Waals surface area contributed by atoms with Gasteiger partial charge in [0.15, 0.2) is 0 Å². The van der Waals surface area contributed by atoms with E-state index in [0.717, 1.165) is 44.6 Å². The van der Waals surface area contributed by atoms with E-state index < -0.39 is 6.04 Å². The average Bonchev–Trinajstić information content (AvgIpc) is 3.27. The van der Waals surface area contributed by atoms with Crippen molar-refractivity contribution in [2.24, 2.45) is 5.92 Å². The quantitative estimate of drug-likeness (QED) is 0.767. The molecule has 0 aromatic carbocycles. The number of aromatic nitrogens is 2. The van der Waals surface area contributed by atoms with Gasteiger partial charge >= 0.3 is 0 Å². The fourth-order valence-corrected chi connectivity index (χ4v) is 5.24. The summed E-state index contributed by atoms with van der Waals surface area (Å²) < 4.78 is 0. The van der Waals surface area contributed by atoms with Crippen molar-refractivity contribution in [3.05, 3.63) is 40.5 Å². The number of thiophene rings is 1. The molecule has 0 aliphatic carbocycles. The van der Waals surface area contributed by atoms with Crippen LogP contribution in [0.15, 0.2) is 30.0 Å². The number of amides is 2. The summed E-state index contributed by atoms with van der Waals surface area (Å²) in [5.41, 5.74) is 1.24. The Labute approximate surface area is 181 Å². The van der Waals surface area contributed by atoms with Crippen LogP contribution in [0.4, 0.5) is 5.82 Å². The summed E-state index contributed by atoms with van der Waals surface area (Å²) in [6.45, 7) is 4.91. The van der Waals surface area contributed by atoms with Gasteiger partial charge in [-0.2, -0.15) is 0 Å². The second kappa shape index (κ2) is 9.55. The van der Waals surface area contributed by atoms with E-state index in [1.165, 1.54) is 10.4 Å². The molecular formula is C22H29N5O2S. The SMILES string of the molecule is CCCC(NC(=O)C1CCCN(c2cnccn2)C1)C(=O)N1CCc2sccc2C1. The van der Waals surface area contributed by atoms with E-state index in [4.69, 9.17) is 0 Å². The van der Waals surface area contributed by atoms with Crippen LogP contribution < -0.4 is 10.2 Å². The van der Waals surface area contributed by atoms with E-state index in [9.17, 15) is 9.59 Å². The Kier molecular flexibility index (Phi) is 6.62. The highest BCUT2D eigenvalue weighted by atomic mass is 32.1. The van der Waals surface area contributed by atoms with Gasteiger partial charge in [0, 0.05) is 43.4 Å². The number of carbonyl (C=O) groups is 2. The molecule has 2 unspecified atom stereocenters. The molecule has 2 aromatic rings. The maximum absolute atomic E-state index is 13.2. The van der Waals surface area contributed by atoms with Crippen molar-refractivity contribution in [2.75, 3.05) is 24.5 Å². The molecule has 4 heterocycles. The van der Waals surface area contributed by atoms with Crippen LogP contribution >= 0.6 is 11.3 Å². The second-order valence-electron chi connectivity index (χ2n) is 8.08. The highest BCUT2D eigenvalue weighted by Crippen LogP contribution is 2.25. The lowest BCUT2D eigenvalue weighted by atomic mass is 9.96. The zero-order valence-corrected chi connectivity index (χ0v) is 18.2. The number of nitrogens with one attached hydrogen (secondary N) is 1. The molecule has 2 amide bonds. The number of anilines is 1. The Morgan fingerprint density at radius 1 is 1.33 bits per heavy atom. The summed E-state index contributed by atoms with van der Waals surface area (Å²) in [7, 11) is 0. The summed E-state index contributed by atoms with van der Waals surface area (Å²) in [6, 6.07) is 1.66. The number of piperidine rings is 1. The molecule has 2 atom stereocenters. The van der Waals surface area contributed by atoms with Crippen molar-refractivity contribution in [2.45, 2.75) is 51.6 Å². The van der Waals surface area contributed by atoms with Crippen LogP contribution in [0.25, 0.3) is 0 Å². The number of carbonyl (C=O) groups excluding carboxylic acids is 2. The maximum Gasteiger partial charge on any atom is 0.245 e. The second-order valence-corrected chi connectivity index (χ2v) is 9.08. The van der Waals surface area contributed by atoms with Crippen molar-refractivity contribution in [1.82, 2.24) is 20.2 Å². The van der Waals surface area contributed by atoms with Crippen LogP contribution in [0, 0.1) is 5.92 Å². The summed E-state index contributed by atoms with van der Waals surface area (Å²) in [6.07, 6.45) is 9.24. The Morgan fingerprint density at radius 3 is 3.03 bits per heavy atom. The molecule has 1 N–H and O–H groups in total. The molecule has 2 aliphatic heterocycles. The summed E-state index contributed by atoms with van der Waals surface area (Å²) in [5.74, 6) is 0.682. The molecule has 1 fully saturated rings. The predicted octanol–water partition coefficient (Wildman–Crippen LogP) is 2.62. The largest absolute Gasteiger partial charge is 0.355 e. The number of rotatable bonds is 6. The zero-order chi connectivity index (χ0) is 20.9. The zero-order valence-electron chi connectivity index (χ0n) is 17.4. The minimum Gasteiger partial charge on any atom is -0.355 e. The lowest BCUT2D eigenvalue weighted by molar-refractivity contribution is -0.138. The van der Waals surface area contributed by atoms with Gasteiger partial charge in [-0.1, -0.05) is 13.3 Å². The Hall–Kier alpha value is -2.48. The van der Waals surface area contributed by atoms with Crippen molar-refractivity contribution >= 4 is 29.0 Å². The third kappa shape index (κ3) is 4.64. The van der Waals surface area contributed by atoms with Gasteiger partial charge in [0.1, 0.15) is 11.9 Å². The van der Waals surface area contributed by atoms with Crippen LogP contribution in [0.3, 0.4) is 0 Å². The summed E-state index contributed by atoms with van der Waals surface area (Å²) in [5, 5.41) is 5.18. The molecule has 30 heavy (non-hydrogen) atoms. The minimum absolute atomic E-state index is 0.0244. The smallest absolute Gasteiger partial charge is 0.245 e. The molecule has 2 aliphatic rings. The first-order valence-electron chi connectivity index (χ1n) is 10.8. The predicted molar refractivity (Wildman–Crippen MR) is 117 cm³/mol. The molecule has 160 valence electrons. The van der Waals surface area contributed by atoms with E-state index in [1.807, 2.05) is 4.90 Å². The third-order valence-corrected chi connectivity index (χ3v) is 7.00. The van der Waals surface area contributed by atoms with Crippen LogP contribution in [-0.2, 0) is 22.6 Å². The lowest BCUT2D eigenvalue weighted by Crippen LogP contribution is -2.52. The number of hydrogen-bond acceptors (Lipinski definition) is 6.